The van der Waals surface area contributed by atoms with Crippen LogP contribution in [-0.2, 0) is 19.1 Å². The number of esters is 2. The molecule has 0 spiro atoms. The van der Waals surface area contributed by atoms with Gasteiger partial charge in [-0.3, -0.25) is 48.4 Å². The molecule has 6 saturated carbocycles. The van der Waals surface area contributed by atoms with E-state index in [0.29, 0.717) is 47.0 Å². The molecule has 12 nitrogen and oxygen atoms in total. The Labute approximate surface area is 429 Å². The Hall–Kier alpha value is -4.16. The summed E-state index contributed by atoms with van der Waals surface area (Å²) in [5, 5.41) is 0.645. The van der Waals surface area contributed by atoms with E-state index in [9.17, 15) is 28.8 Å². The van der Waals surface area contributed by atoms with E-state index in [1.807, 2.05) is 0 Å². The summed E-state index contributed by atoms with van der Waals surface area (Å²) in [6, 6.07) is 9.71. The summed E-state index contributed by atoms with van der Waals surface area (Å²) in [4.78, 5) is 91.1. The van der Waals surface area contributed by atoms with E-state index >= 15 is 0 Å². The van der Waals surface area contributed by atoms with Crippen molar-refractivity contribution in [2.45, 2.75) is 255 Å². The second kappa shape index (κ2) is 23.2. The van der Waals surface area contributed by atoms with Gasteiger partial charge in [0.05, 0.1) is 0 Å². The molecule has 2 aromatic carbocycles. The number of hydrogen-bond donors (Lipinski definition) is 0. The Bertz CT molecular complexity index is 2190. The van der Waals surface area contributed by atoms with Gasteiger partial charge in [-0.15, -0.1) is 0 Å². The van der Waals surface area contributed by atoms with Gasteiger partial charge in [0.25, 0.3) is 23.6 Å². The van der Waals surface area contributed by atoms with Crippen LogP contribution in [0.15, 0.2) is 24.3 Å². The van der Waals surface area contributed by atoms with Gasteiger partial charge in [0, 0.05) is 95.2 Å². The van der Waals surface area contributed by atoms with Crippen molar-refractivity contribution in [1.29, 1.82) is 0 Å². The van der Waals surface area contributed by atoms with Crippen molar-refractivity contribution in [3.63, 3.8) is 0 Å². The molecule has 4 unspecified atom stereocenters. The second-order valence-corrected chi connectivity index (χ2v) is 24.0. The highest BCUT2D eigenvalue weighted by Crippen LogP contribution is 2.42. The van der Waals surface area contributed by atoms with Gasteiger partial charge in [-0.25, -0.2) is 0 Å². The molecule has 4 atom stereocenters. The number of carbonyl (C=O) groups excluding carboxylic acids is 6. The summed E-state index contributed by atoms with van der Waals surface area (Å²) in [5.74, 6) is -0.998. The lowest BCUT2D eigenvalue weighted by Crippen LogP contribution is -2.53. The van der Waals surface area contributed by atoms with Crippen LogP contribution in [0, 0.1) is 11.8 Å². The minimum Gasteiger partial charge on any atom is -0.462 e. The van der Waals surface area contributed by atoms with Crippen LogP contribution in [0.5, 0.6) is 0 Å². The lowest BCUT2D eigenvalue weighted by atomic mass is 9.79. The molecule has 12 heteroatoms. The third-order valence-corrected chi connectivity index (χ3v) is 19.0. The van der Waals surface area contributed by atoms with Crippen molar-refractivity contribution >= 4 is 46.3 Å². The van der Waals surface area contributed by atoms with E-state index in [-0.39, 0.29) is 85.2 Å². The molecular weight excluding hydrogens is 905 g/mol. The summed E-state index contributed by atoms with van der Waals surface area (Å²) in [6.07, 6.45) is 31.6. The number of amides is 4. The van der Waals surface area contributed by atoms with Crippen molar-refractivity contribution in [2.75, 3.05) is 13.1 Å². The van der Waals surface area contributed by atoms with E-state index in [4.69, 9.17) is 9.47 Å². The van der Waals surface area contributed by atoms with Crippen molar-refractivity contribution < 1.29 is 38.2 Å². The van der Waals surface area contributed by atoms with Gasteiger partial charge in [-0.2, -0.15) is 0 Å². The molecule has 6 fully saturated rings. The number of carbonyl (C=O) groups is 6. The maximum Gasteiger partial charge on any atom is 0.306 e. The molecule has 2 heterocycles. The molecule has 0 saturated heterocycles. The highest BCUT2D eigenvalue weighted by molar-refractivity contribution is 6.33. The number of rotatable bonds is 16. The van der Waals surface area contributed by atoms with Crippen LogP contribution in [0.25, 0.3) is 10.8 Å². The first kappa shape index (κ1) is 51.3. The lowest BCUT2D eigenvalue weighted by Gasteiger charge is -2.49. The molecule has 2 aromatic rings. The van der Waals surface area contributed by atoms with Gasteiger partial charge in [0.1, 0.15) is 12.2 Å². The predicted molar refractivity (Wildman–Crippen MR) is 278 cm³/mol. The van der Waals surface area contributed by atoms with Crippen LogP contribution in [0.3, 0.4) is 0 Å². The summed E-state index contributed by atoms with van der Waals surface area (Å²) in [7, 11) is 0. The van der Waals surface area contributed by atoms with Gasteiger partial charge >= 0.3 is 11.9 Å². The highest BCUT2D eigenvalue weighted by Gasteiger charge is 2.42. The maximum absolute atomic E-state index is 14.1. The maximum atomic E-state index is 14.1. The molecule has 6 aliphatic carbocycles. The Morgan fingerprint density at radius 1 is 0.431 bits per heavy atom. The number of benzene rings is 2. The number of hydrogen-bond acceptors (Lipinski definition) is 10. The Balaban J connectivity index is 0.716. The molecule has 4 amide bonds. The summed E-state index contributed by atoms with van der Waals surface area (Å²) in [5.41, 5.74) is 1.03. The summed E-state index contributed by atoms with van der Waals surface area (Å²) >= 11 is 0. The van der Waals surface area contributed by atoms with Gasteiger partial charge in [0.15, 0.2) is 0 Å². The zero-order valence-corrected chi connectivity index (χ0v) is 43.8. The van der Waals surface area contributed by atoms with Gasteiger partial charge in [0.2, 0.25) is 0 Å². The van der Waals surface area contributed by atoms with E-state index in [1.54, 1.807) is 24.3 Å². The monoisotopic (exact) mass is 989 g/mol. The van der Waals surface area contributed by atoms with Crippen LogP contribution in [0.1, 0.15) is 248 Å². The van der Waals surface area contributed by atoms with E-state index in [0.717, 1.165) is 63.2 Å². The van der Waals surface area contributed by atoms with E-state index < -0.39 is 23.6 Å². The number of imide groups is 2. The minimum absolute atomic E-state index is 0.0489. The molecule has 10 rings (SSSR count). The van der Waals surface area contributed by atoms with Crippen LogP contribution >= 0.6 is 0 Å². The lowest BCUT2D eigenvalue weighted by molar-refractivity contribution is -0.153. The molecular formula is C60H84N4O8. The quantitative estimate of drug-likeness (QED) is 0.118. The average Bonchev–Trinajstić information content (AvgIpc) is 3.39. The first-order chi connectivity index (χ1) is 35.0. The molecule has 0 aromatic heterocycles. The summed E-state index contributed by atoms with van der Waals surface area (Å²) in [6.45, 7) is 4.87. The van der Waals surface area contributed by atoms with Gasteiger partial charge in [-0.1, -0.05) is 52.4 Å². The molecule has 72 heavy (non-hydrogen) atoms. The van der Waals surface area contributed by atoms with Crippen LogP contribution in [0.4, 0.5) is 0 Å². The van der Waals surface area contributed by atoms with Crippen molar-refractivity contribution in [2.24, 2.45) is 11.8 Å². The zero-order chi connectivity index (χ0) is 49.9. The zero-order valence-electron chi connectivity index (χ0n) is 43.8. The third-order valence-electron chi connectivity index (χ3n) is 19.0. The topological polar surface area (TPSA) is 134 Å². The smallest absolute Gasteiger partial charge is 0.306 e. The van der Waals surface area contributed by atoms with Crippen LogP contribution < -0.4 is 0 Å². The van der Waals surface area contributed by atoms with Crippen molar-refractivity contribution in [1.82, 2.24) is 19.6 Å². The first-order valence-corrected chi connectivity index (χ1v) is 29.3. The van der Waals surface area contributed by atoms with Crippen LogP contribution in [-0.4, -0.2) is 117 Å². The van der Waals surface area contributed by atoms with E-state index in [1.165, 1.54) is 125 Å². The standard InChI is InChI=1S/C60H84N4O8/c1-39-23-27-43(28-24-39)64(44-29-25-40(2)26-30-44)46-18-10-20-48(38-46)72-54(66)22-12-36-62-59(69)51-33-31-49-55-50(32-34-52(56(51)55)60(62)70)58(68)61(57(49)67)35-11-21-53(65)71-47-19-9-17-45(37-47)63(41-13-5-3-6-14-41)42-15-7-4-8-16-42/h31-34,39-48H,3-30,35-38H2,1-2H3. The molecule has 0 N–H and O–H groups in total. The fourth-order valence-corrected chi connectivity index (χ4v) is 15.3. The number of nitrogens with zero attached hydrogens (tertiary/aromatic N) is 4. The molecule has 0 bridgehead atoms. The fraction of sp³-hybridized carbons (Fsp3) is 0.733. The fourth-order valence-electron chi connectivity index (χ4n) is 15.3. The van der Waals surface area contributed by atoms with Crippen molar-refractivity contribution in [3.8, 4) is 0 Å². The van der Waals surface area contributed by atoms with Gasteiger partial charge < -0.3 is 9.47 Å². The van der Waals surface area contributed by atoms with E-state index in [2.05, 4.69) is 23.6 Å². The van der Waals surface area contributed by atoms with Crippen LogP contribution in [0.2, 0.25) is 0 Å². The molecule has 2 aliphatic heterocycles. The molecule has 8 aliphatic rings. The second-order valence-electron chi connectivity index (χ2n) is 24.0. The summed E-state index contributed by atoms with van der Waals surface area (Å²) < 4.78 is 12.3. The Morgan fingerprint density at radius 3 is 1.10 bits per heavy atom. The Morgan fingerprint density at radius 2 is 0.750 bits per heavy atom. The third kappa shape index (κ3) is 11.1. The largest absolute Gasteiger partial charge is 0.462 e. The average molecular weight is 989 g/mol. The number of ether oxygens (including phenoxy) is 2. The first-order valence-electron chi connectivity index (χ1n) is 29.3. The minimum atomic E-state index is -0.505. The Kier molecular flexibility index (Phi) is 16.5. The SMILES string of the molecule is CC1CCC(N(C2CCC(C)CC2)C2CCCC(OC(=O)CCCN3C(=O)c4ccc5c6c(ccc(c46)C3=O)C(=O)N(CCCC(=O)OC3CCCC(N(C4CCCCC4)C4CCCCC4)C3)C5=O)C2)CC1. The predicted octanol–water partition coefficient (Wildman–Crippen LogP) is 11.7. The normalized spacial score (nSPS) is 29.8. The molecule has 392 valence electrons. The van der Waals surface area contributed by atoms with Gasteiger partial charge in [-0.05, 0) is 177 Å². The molecule has 0 radical (unpaired) electrons. The highest BCUT2D eigenvalue weighted by atomic mass is 16.5. The van der Waals surface area contributed by atoms with Crippen molar-refractivity contribution in [3.05, 3.63) is 46.5 Å².